The molecule has 17 heavy (non-hydrogen) atoms. The van der Waals surface area contributed by atoms with Gasteiger partial charge in [-0.15, -0.1) is 0 Å². The molecule has 1 aliphatic carbocycles. The fraction of sp³-hybridized carbons (Fsp3) is 0.308. The van der Waals surface area contributed by atoms with E-state index in [1.165, 1.54) is 0 Å². The lowest BCUT2D eigenvalue weighted by Gasteiger charge is -2.15. The van der Waals surface area contributed by atoms with Crippen LogP contribution < -0.4 is 5.73 Å². The van der Waals surface area contributed by atoms with Crippen LogP contribution in [0, 0.1) is 0 Å². The molecule has 0 saturated heterocycles. The molecule has 0 fully saturated rings. The van der Waals surface area contributed by atoms with E-state index >= 15 is 0 Å². The van der Waals surface area contributed by atoms with E-state index < -0.39 is 0 Å². The van der Waals surface area contributed by atoms with Gasteiger partial charge in [-0.05, 0) is 37.1 Å². The van der Waals surface area contributed by atoms with Gasteiger partial charge in [-0.3, -0.25) is 0 Å². The Morgan fingerprint density at radius 1 is 1.29 bits per heavy atom. The molecule has 0 saturated carbocycles. The second kappa shape index (κ2) is 3.89. The van der Waals surface area contributed by atoms with E-state index in [9.17, 15) is 5.11 Å². The molecule has 88 valence electrons. The number of nitrogens with zero attached hydrogens (tertiary/aromatic N) is 1. The zero-order valence-corrected chi connectivity index (χ0v) is 9.48. The van der Waals surface area contributed by atoms with Crippen LogP contribution in [-0.2, 0) is 12.8 Å². The van der Waals surface area contributed by atoms with Crippen LogP contribution in [0.3, 0.4) is 0 Å². The Morgan fingerprint density at radius 2 is 2.06 bits per heavy atom. The molecule has 4 nitrogen and oxygen atoms in total. The standard InChI is InChI=1S/C13H15N3O/c14-9-3-6-11-12(7-9)16-13(15-11)8-1-4-10(17)5-2-8/h1-2,4-5,9,17H,3,6-7,14H2,(H,15,16). The number of aromatic amines is 1. The second-order valence-corrected chi connectivity index (χ2v) is 4.56. The van der Waals surface area contributed by atoms with E-state index in [4.69, 9.17) is 5.73 Å². The first-order chi connectivity index (χ1) is 8.22. The molecule has 1 atom stereocenters. The van der Waals surface area contributed by atoms with Gasteiger partial charge in [0, 0.05) is 23.7 Å². The van der Waals surface area contributed by atoms with Crippen LogP contribution in [0.2, 0.25) is 0 Å². The summed E-state index contributed by atoms with van der Waals surface area (Å²) in [6, 6.07) is 7.31. The van der Waals surface area contributed by atoms with E-state index in [-0.39, 0.29) is 11.8 Å². The van der Waals surface area contributed by atoms with Crippen molar-refractivity contribution in [1.29, 1.82) is 0 Å². The van der Waals surface area contributed by atoms with Crippen molar-refractivity contribution in [3.8, 4) is 17.1 Å². The number of rotatable bonds is 1. The largest absolute Gasteiger partial charge is 0.508 e. The van der Waals surface area contributed by atoms with Crippen molar-refractivity contribution in [2.24, 2.45) is 5.73 Å². The second-order valence-electron chi connectivity index (χ2n) is 4.56. The van der Waals surface area contributed by atoms with E-state index in [0.29, 0.717) is 0 Å². The number of aryl methyl sites for hydroxylation is 1. The number of fused-ring (bicyclic) bond motifs is 1. The van der Waals surface area contributed by atoms with Crippen LogP contribution in [0.15, 0.2) is 24.3 Å². The summed E-state index contributed by atoms with van der Waals surface area (Å²) in [6.07, 6.45) is 2.83. The summed E-state index contributed by atoms with van der Waals surface area (Å²) in [4.78, 5) is 7.92. The zero-order valence-electron chi connectivity index (χ0n) is 9.48. The van der Waals surface area contributed by atoms with Crippen LogP contribution in [-0.4, -0.2) is 21.1 Å². The van der Waals surface area contributed by atoms with Crippen molar-refractivity contribution in [1.82, 2.24) is 9.97 Å². The topological polar surface area (TPSA) is 74.9 Å². The Hall–Kier alpha value is -1.81. The van der Waals surface area contributed by atoms with Gasteiger partial charge in [-0.2, -0.15) is 0 Å². The third-order valence-electron chi connectivity index (χ3n) is 3.22. The van der Waals surface area contributed by atoms with Crippen molar-refractivity contribution in [3.05, 3.63) is 35.7 Å². The molecule has 0 bridgehead atoms. The average Bonchev–Trinajstić information content (AvgIpc) is 2.72. The molecule has 1 heterocycles. The summed E-state index contributed by atoms with van der Waals surface area (Å²) in [7, 11) is 0. The number of nitrogens with two attached hydrogens (primary N) is 1. The van der Waals surface area contributed by atoms with Crippen LogP contribution in [0.5, 0.6) is 5.75 Å². The van der Waals surface area contributed by atoms with Gasteiger partial charge in [0.25, 0.3) is 0 Å². The van der Waals surface area contributed by atoms with Gasteiger partial charge < -0.3 is 15.8 Å². The number of hydrogen-bond donors (Lipinski definition) is 3. The first-order valence-electron chi connectivity index (χ1n) is 5.85. The molecular formula is C13H15N3O. The smallest absolute Gasteiger partial charge is 0.137 e. The number of benzene rings is 1. The Bertz CT molecular complexity index is 530. The zero-order chi connectivity index (χ0) is 11.8. The molecule has 1 aromatic heterocycles. The highest BCUT2D eigenvalue weighted by Gasteiger charge is 2.19. The summed E-state index contributed by atoms with van der Waals surface area (Å²) in [5, 5.41) is 9.25. The predicted molar refractivity (Wildman–Crippen MR) is 65.7 cm³/mol. The van der Waals surface area contributed by atoms with E-state index in [2.05, 4.69) is 9.97 Å². The lowest BCUT2D eigenvalue weighted by atomic mass is 9.97. The van der Waals surface area contributed by atoms with Gasteiger partial charge in [0.05, 0.1) is 5.69 Å². The van der Waals surface area contributed by atoms with E-state index in [0.717, 1.165) is 42.0 Å². The highest BCUT2D eigenvalue weighted by molar-refractivity contribution is 5.57. The quantitative estimate of drug-likeness (QED) is 0.695. The van der Waals surface area contributed by atoms with Crippen molar-refractivity contribution in [2.45, 2.75) is 25.3 Å². The number of H-pyrrole nitrogens is 1. The van der Waals surface area contributed by atoms with Gasteiger partial charge in [-0.25, -0.2) is 4.98 Å². The van der Waals surface area contributed by atoms with Gasteiger partial charge in [-0.1, -0.05) is 0 Å². The minimum absolute atomic E-state index is 0.246. The van der Waals surface area contributed by atoms with Crippen molar-refractivity contribution >= 4 is 0 Å². The molecule has 1 aromatic carbocycles. The maximum absolute atomic E-state index is 9.25. The molecule has 0 radical (unpaired) electrons. The lowest BCUT2D eigenvalue weighted by molar-refractivity contribution is 0.475. The number of phenols is 1. The molecule has 3 rings (SSSR count). The number of aromatic nitrogens is 2. The van der Waals surface area contributed by atoms with E-state index in [1.807, 2.05) is 12.1 Å². The van der Waals surface area contributed by atoms with Crippen molar-refractivity contribution in [2.75, 3.05) is 0 Å². The molecule has 0 amide bonds. The third-order valence-corrected chi connectivity index (χ3v) is 3.22. The van der Waals surface area contributed by atoms with Gasteiger partial charge in [0.2, 0.25) is 0 Å². The van der Waals surface area contributed by atoms with Crippen molar-refractivity contribution < 1.29 is 5.11 Å². The highest BCUT2D eigenvalue weighted by Crippen LogP contribution is 2.24. The number of phenolic OH excluding ortho intramolecular Hbond substituents is 1. The van der Waals surface area contributed by atoms with Crippen LogP contribution >= 0.6 is 0 Å². The van der Waals surface area contributed by atoms with Gasteiger partial charge in [0.1, 0.15) is 11.6 Å². The SMILES string of the molecule is NC1CCc2nc(-c3ccc(O)cc3)[nH]c2C1. The summed E-state index contributed by atoms with van der Waals surface area (Å²) in [6.45, 7) is 0. The maximum atomic E-state index is 9.25. The average molecular weight is 229 g/mol. The van der Waals surface area contributed by atoms with Gasteiger partial charge >= 0.3 is 0 Å². The Labute approximate surface area is 99.5 Å². The molecule has 2 aromatic rings. The van der Waals surface area contributed by atoms with Crippen LogP contribution in [0.1, 0.15) is 17.8 Å². The molecule has 1 aliphatic rings. The highest BCUT2D eigenvalue weighted by atomic mass is 16.3. The first kappa shape index (κ1) is 10.4. The molecule has 4 heteroatoms. The Balaban J connectivity index is 1.97. The molecule has 0 spiro atoms. The summed E-state index contributed by atoms with van der Waals surface area (Å²) >= 11 is 0. The first-order valence-corrected chi connectivity index (χ1v) is 5.85. The third kappa shape index (κ3) is 1.91. The minimum Gasteiger partial charge on any atom is -0.508 e. The summed E-state index contributed by atoms with van der Waals surface area (Å²) in [5.74, 6) is 1.14. The predicted octanol–water partition coefficient (Wildman–Crippen LogP) is 1.60. The van der Waals surface area contributed by atoms with Crippen LogP contribution in [0.4, 0.5) is 0 Å². The number of nitrogens with one attached hydrogen (secondary N) is 1. The minimum atomic E-state index is 0.246. The summed E-state index contributed by atoms with van der Waals surface area (Å²) in [5.41, 5.74) is 9.22. The molecule has 0 aliphatic heterocycles. The Kier molecular flexibility index (Phi) is 2.37. The number of aromatic hydroxyl groups is 1. The number of imidazole rings is 1. The molecule has 1 unspecified atom stereocenters. The normalized spacial score (nSPS) is 19.0. The number of hydrogen-bond acceptors (Lipinski definition) is 3. The molecular weight excluding hydrogens is 214 g/mol. The monoisotopic (exact) mass is 229 g/mol. The fourth-order valence-electron chi connectivity index (χ4n) is 2.26. The maximum Gasteiger partial charge on any atom is 0.137 e. The van der Waals surface area contributed by atoms with Crippen LogP contribution in [0.25, 0.3) is 11.4 Å². The summed E-state index contributed by atoms with van der Waals surface area (Å²) < 4.78 is 0. The van der Waals surface area contributed by atoms with E-state index in [1.54, 1.807) is 12.1 Å². The lowest BCUT2D eigenvalue weighted by Crippen LogP contribution is -2.27. The Morgan fingerprint density at radius 3 is 2.82 bits per heavy atom. The van der Waals surface area contributed by atoms with Gasteiger partial charge in [0.15, 0.2) is 0 Å². The van der Waals surface area contributed by atoms with Crippen molar-refractivity contribution in [3.63, 3.8) is 0 Å². The molecule has 4 N–H and O–H groups in total. The fourth-order valence-corrected chi connectivity index (χ4v) is 2.26.